The summed E-state index contributed by atoms with van der Waals surface area (Å²) in [6.07, 6.45) is 6.73. The largest absolute Gasteiger partial charge is 0.330 e. The summed E-state index contributed by atoms with van der Waals surface area (Å²) in [7, 11) is 0. The number of hydrogen-bond acceptors (Lipinski definition) is 3. The maximum Gasteiger partial charge on any atom is 0.00734 e. The average Bonchev–Trinajstić information content (AvgIpc) is 2.89. The van der Waals surface area contributed by atoms with Crippen LogP contribution < -0.4 is 16.4 Å². The van der Waals surface area contributed by atoms with Gasteiger partial charge in [0.05, 0.1) is 0 Å². The van der Waals surface area contributed by atoms with Crippen LogP contribution >= 0.6 is 0 Å². The van der Waals surface area contributed by atoms with Crippen LogP contribution in [0.5, 0.6) is 0 Å². The van der Waals surface area contributed by atoms with Crippen molar-refractivity contribution < 1.29 is 0 Å². The van der Waals surface area contributed by atoms with Crippen LogP contribution in [0.2, 0.25) is 0 Å². The van der Waals surface area contributed by atoms with Crippen molar-refractivity contribution in [3.05, 3.63) is 96.1 Å². The molecule has 0 aliphatic carbocycles. The van der Waals surface area contributed by atoms with Gasteiger partial charge < -0.3 is 16.4 Å². The molecule has 0 bridgehead atoms. The molecule has 0 heterocycles. The van der Waals surface area contributed by atoms with E-state index in [0.717, 1.165) is 64.7 Å². The quantitative estimate of drug-likeness (QED) is 0.210. The minimum absolute atomic E-state index is 0.516. The molecule has 0 saturated heterocycles. The Morgan fingerprint density at radius 1 is 0.588 bits per heavy atom. The van der Waals surface area contributed by atoms with Crippen molar-refractivity contribution in [1.82, 2.24) is 10.6 Å². The van der Waals surface area contributed by atoms with Gasteiger partial charge in [0.2, 0.25) is 0 Å². The van der Waals surface area contributed by atoms with E-state index in [1.165, 1.54) is 32.7 Å². The second kappa shape index (κ2) is 13.2. The fraction of sp³-hybridized carbons (Fsp3) is 0.355. The third-order valence-corrected chi connectivity index (χ3v) is 6.71. The highest BCUT2D eigenvalue weighted by Gasteiger charge is 2.10. The van der Waals surface area contributed by atoms with Crippen LogP contribution in [0.15, 0.2) is 84.9 Å². The van der Waals surface area contributed by atoms with Gasteiger partial charge in [-0.25, -0.2) is 0 Å². The van der Waals surface area contributed by atoms with E-state index in [4.69, 9.17) is 5.73 Å². The number of fused-ring (bicyclic) bond motifs is 2. The highest BCUT2D eigenvalue weighted by atomic mass is 14.9. The van der Waals surface area contributed by atoms with Crippen LogP contribution in [-0.4, -0.2) is 32.2 Å². The van der Waals surface area contributed by atoms with Gasteiger partial charge >= 0.3 is 0 Å². The molecule has 4 rings (SSSR count). The van der Waals surface area contributed by atoms with Gasteiger partial charge in [-0.3, -0.25) is 0 Å². The average molecular weight is 454 g/mol. The van der Waals surface area contributed by atoms with Crippen molar-refractivity contribution in [2.24, 2.45) is 5.73 Å². The predicted molar refractivity (Wildman–Crippen MR) is 147 cm³/mol. The number of aryl methyl sites for hydroxylation is 2. The Bertz CT molecular complexity index is 1070. The molecule has 0 aliphatic rings. The Labute approximate surface area is 204 Å². The summed E-state index contributed by atoms with van der Waals surface area (Å²) in [6, 6.07) is 31.6. The first-order chi connectivity index (χ1) is 16.8. The summed E-state index contributed by atoms with van der Waals surface area (Å²) < 4.78 is 0. The number of rotatable bonds is 14. The summed E-state index contributed by atoms with van der Waals surface area (Å²) in [5.74, 6) is 0. The molecule has 3 heteroatoms. The van der Waals surface area contributed by atoms with Gasteiger partial charge in [-0.1, -0.05) is 84.9 Å². The van der Waals surface area contributed by atoms with Gasteiger partial charge in [0, 0.05) is 6.04 Å². The van der Waals surface area contributed by atoms with Crippen LogP contribution in [0.1, 0.15) is 36.8 Å². The lowest BCUT2D eigenvalue weighted by Crippen LogP contribution is -2.32. The molecular weight excluding hydrogens is 414 g/mol. The summed E-state index contributed by atoms with van der Waals surface area (Å²) in [5.41, 5.74) is 8.44. The molecule has 0 saturated carbocycles. The van der Waals surface area contributed by atoms with Crippen LogP contribution in [0.3, 0.4) is 0 Å². The molecule has 178 valence electrons. The van der Waals surface area contributed by atoms with Crippen LogP contribution in [0.25, 0.3) is 21.5 Å². The molecule has 4 aromatic rings. The van der Waals surface area contributed by atoms with Crippen molar-refractivity contribution in [2.75, 3.05) is 26.2 Å². The van der Waals surface area contributed by atoms with E-state index in [2.05, 4.69) is 95.6 Å². The van der Waals surface area contributed by atoms with E-state index >= 15 is 0 Å². The smallest absolute Gasteiger partial charge is 0.00734 e. The topological polar surface area (TPSA) is 50.1 Å². The van der Waals surface area contributed by atoms with E-state index in [-0.39, 0.29) is 0 Å². The zero-order chi connectivity index (χ0) is 23.4. The summed E-state index contributed by atoms with van der Waals surface area (Å²) in [6.45, 7) is 3.88. The molecule has 0 aromatic heterocycles. The Morgan fingerprint density at radius 3 is 1.68 bits per heavy atom. The molecule has 4 N–H and O–H groups in total. The van der Waals surface area contributed by atoms with Crippen molar-refractivity contribution in [3.8, 4) is 0 Å². The molecule has 0 aliphatic heterocycles. The van der Waals surface area contributed by atoms with Crippen molar-refractivity contribution in [1.29, 1.82) is 0 Å². The molecule has 34 heavy (non-hydrogen) atoms. The molecule has 0 spiro atoms. The van der Waals surface area contributed by atoms with E-state index in [1.807, 2.05) is 0 Å². The van der Waals surface area contributed by atoms with Crippen molar-refractivity contribution >= 4 is 21.5 Å². The fourth-order valence-corrected chi connectivity index (χ4v) is 4.69. The lowest BCUT2D eigenvalue weighted by molar-refractivity contribution is 0.444. The molecular formula is C31H39N3. The lowest BCUT2D eigenvalue weighted by atomic mass is 9.96. The number of benzene rings is 4. The minimum Gasteiger partial charge on any atom is -0.330 e. The van der Waals surface area contributed by atoms with E-state index < -0.39 is 0 Å². The molecule has 0 atom stereocenters. The molecule has 3 nitrogen and oxygen atoms in total. The summed E-state index contributed by atoms with van der Waals surface area (Å²) >= 11 is 0. The molecule has 0 radical (unpaired) electrons. The molecule has 0 unspecified atom stereocenters. The van der Waals surface area contributed by atoms with Crippen molar-refractivity contribution in [3.63, 3.8) is 0 Å². The maximum atomic E-state index is 5.58. The normalized spacial score (nSPS) is 11.6. The second-order valence-electron chi connectivity index (χ2n) is 9.34. The number of hydrogen-bond donors (Lipinski definition) is 3. The highest BCUT2D eigenvalue weighted by molar-refractivity contribution is 5.83. The van der Waals surface area contributed by atoms with Gasteiger partial charge in [-0.05, 0) is 97.4 Å². The van der Waals surface area contributed by atoms with E-state index in [1.54, 1.807) is 0 Å². The highest BCUT2D eigenvalue weighted by Crippen LogP contribution is 2.20. The minimum atomic E-state index is 0.516. The Hall–Kier alpha value is -2.72. The monoisotopic (exact) mass is 453 g/mol. The SMILES string of the molecule is NCCCNCCCNC(CCc1ccc2ccccc2c1)CCc1ccc2ccccc2c1. The van der Waals surface area contributed by atoms with Crippen LogP contribution in [-0.2, 0) is 12.8 Å². The van der Waals surface area contributed by atoms with E-state index in [0.29, 0.717) is 6.04 Å². The summed E-state index contributed by atoms with van der Waals surface area (Å²) in [5, 5.41) is 12.7. The fourth-order valence-electron chi connectivity index (χ4n) is 4.69. The first-order valence-electron chi connectivity index (χ1n) is 12.9. The standard InChI is InChI=1S/C31H39N3/c32-19-5-20-33-21-6-22-34-31(17-13-25-11-15-27-7-1-3-9-29(27)23-25)18-14-26-12-16-28-8-2-4-10-30(28)24-26/h1-4,7-12,15-16,23-24,31,33-34H,5-6,13-14,17-22,32H2. The zero-order valence-corrected chi connectivity index (χ0v) is 20.3. The van der Waals surface area contributed by atoms with Crippen LogP contribution in [0.4, 0.5) is 0 Å². The molecule has 0 amide bonds. The third kappa shape index (κ3) is 7.39. The van der Waals surface area contributed by atoms with Crippen molar-refractivity contribution in [2.45, 2.75) is 44.6 Å². The lowest BCUT2D eigenvalue weighted by Gasteiger charge is -2.19. The second-order valence-corrected chi connectivity index (χ2v) is 9.34. The predicted octanol–water partition coefficient (Wildman–Crippen LogP) is 5.85. The number of nitrogens with two attached hydrogens (primary N) is 1. The van der Waals surface area contributed by atoms with Crippen LogP contribution in [0, 0.1) is 0 Å². The molecule has 0 fully saturated rings. The number of nitrogens with one attached hydrogen (secondary N) is 2. The maximum absolute atomic E-state index is 5.58. The van der Waals surface area contributed by atoms with Gasteiger partial charge in [-0.2, -0.15) is 0 Å². The Balaban J connectivity index is 1.33. The zero-order valence-electron chi connectivity index (χ0n) is 20.3. The van der Waals surface area contributed by atoms with Gasteiger partial charge in [0.1, 0.15) is 0 Å². The van der Waals surface area contributed by atoms with Gasteiger partial charge in [0.15, 0.2) is 0 Å². The Kier molecular flexibility index (Phi) is 9.50. The Morgan fingerprint density at radius 2 is 1.12 bits per heavy atom. The van der Waals surface area contributed by atoms with Gasteiger partial charge in [0.25, 0.3) is 0 Å². The first kappa shape index (κ1) is 24.4. The van der Waals surface area contributed by atoms with E-state index in [9.17, 15) is 0 Å². The summed E-state index contributed by atoms with van der Waals surface area (Å²) in [4.78, 5) is 0. The third-order valence-electron chi connectivity index (χ3n) is 6.71. The van der Waals surface area contributed by atoms with Gasteiger partial charge in [-0.15, -0.1) is 0 Å². The molecule has 4 aromatic carbocycles. The first-order valence-corrected chi connectivity index (χ1v) is 12.9.